The number of hydrogen-bond acceptors (Lipinski definition) is 4. The number of halogens is 1. The molecule has 1 saturated heterocycles. The van der Waals surface area contributed by atoms with Crippen molar-refractivity contribution in [3.05, 3.63) is 21.0 Å². The smallest absolute Gasteiger partial charge is 0.284 e. The molecular weight excluding hydrogens is 312 g/mol. The number of aromatic nitrogens is 2. The first-order chi connectivity index (χ1) is 9.13. The predicted molar refractivity (Wildman–Crippen MR) is 74.7 cm³/mol. The zero-order valence-corrected chi connectivity index (χ0v) is 11.7. The van der Waals surface area contributed by atoms with E-state index in [1.54, 1.807) is 0 Å². The zero-order valence-electron chi connectivity index (χ0n) is 10.1. The summed E-state index contributed by atoms with van der Waals surface area (Å²) < 4.78 is 1.51. The monoisotopic (exact) mass is 324 g/mol. The van der Waals surface area contributed by atoms with Crippen LogP contribution < -0.4 is 16.2 Å². The summed E-state index contributed by atoms with van der Waals surface area (Å²) in [5.74, 6) is 2.29. The van der Waals surface area contributed by atoms with Crippen LogP contribution in [0.25, 0.3) is 0 Å². The molecule has 6 nitrogen and oxygen atoms in total. The largest absolute Gasteiger partial charge is 0.371 e. The molecule has 19 heavy (non-hydrogen) atoms. The van der Waals surface area contributed by atoms with Gasteiger partial charge >= 0.3 is 0 Å². The van der Waals surface area contributed by atoms with E-state index in [1.165, 1.54) is 10.9 Å². The summed E-state index contributed by atoms with van der Waals surface area (Å²) in [6.45, 7) is 0.807. The van der Waals surface area contributed by atoms with E-state index >= 15 is 0 Å². The lowest BCUT2D eigenvalue weighted by molar-refractivity contribution is -0.123. The second-order valence-corrected chi connectivity index (χ2v) is 4.96. The van der Waals surface area contributed by atoms with E-state index in [1.807, 2.05) is 0 Å². The predicted octanol–water partition coefficient (Wildman–Crippen LogP) is 0.329. The van der Waals surface area contributed by atoms with Crippen LogP contribution in [0.15, 0.2) is 15.5 Å². The highest BCUT2D eigenvalue weighted by atomic mass is 79.9. The van der Waals surface area contributed by atoms with Crippen LogP contribution in [-0.4, -0.2) is 28.3 Å². The SMILES string of the molecule is C#CCn1ncc(NC2CCCNC2=O)c(Br)c1=O. The van der Waals surface area contributed by atoms with E-state index in [4.69, 9.17) is 6.42 Å². The summed E-state index contributed by atoms with van der Waals surface area (Å²) in [5, 5.41) is 9.75. The number of rotatable bonds is 3. The van der Waals surface area contributed by atoms with E-state index < -0.39 is 0 Å². The minimum absolute atomic E-state index is 0.0639. The van der Waals surface area contributed by atoms with Gasteiger partial charge in [-0.25, -0.2) is 4.68 Å². The minimum Gasteiger partial charge on any atom is -0.371 e. The fourth-order valence-corrected chi connectivity index (χ4v) is 2.28. The average molecular weight is 325 g/mol. The third-order valence-corrected chi connectivity index (χ3v) is 3.61. The van der Waals surface area contributed by atoms with Crippen molar-refractivity contribution in [2.45, 2.75) is 25.4 Å². The van der Waals surface area contributed by atoms with E-state index in [2.05, 4.69) is 37.6 Å². The number of carbonyl (C=O) groups is 1. The summed E-state index contributed by atoms with van der Waals surface area (Å²) in [6.07, 6.45) is 8.28. The molecule has 1 aliphatic heterocycles. The Labute approximate surface area is 118 Å². The van der Waals surface area contributed by atoms with Crippen LogP contribution in [0.3, 0.4) is 0 Å². The van der Waals surface area contributed by atoms with Crippen LogP contribution in [0.2, 0.25) is 0 Å². The van der Waals surface area contributed by atoms with Gasteiger partial charge < -0.3 is 10.6 Å². The van der Waals surface area contributed by atoms with Gasteiger partial charge in [0, 0.05) is 6.54 Å². The molecule has 1 fully saturated rings. The van der Waals surface area contributed by atoms with Crippen LogP contribution in [0.4, 0.5) is 5.69 Å². The van der Waals surface area contributed by atoms with Crippen LogP contribution in [0, 0.1) is 12.3 Å². The Morgan fingerprint density at radius 2 is 2.42 bits per heavy atom. The van der Waals surface area contributed by atoms with Gasteiger partial charge in [0.1, 0.15) is 17.1 Å². The van der Waals surface area contributed by atoms with Gasteiger partial charge in [0.2, 0.25) is 5.91 Å². The molecular formula is C12H13BrN4O2. The Morgan fingerprint density at radius 3 is 3.11 bits per heavy atom. The summed E-state index contributed by atoms with van der Waals surface area (Å²) >= 11 is 3.21. The van der Waals surface area contributed by atoms with E-state index in [0.717, 1.165) is 12.8 Å². The average Bonchev–Trinajstić information content (AvgIpc) is 2.41. The maximum absolute atomic E-state index is 11.9. The van der Waals surface area contributed by atoms with Crippen molar-refractivity contribution in [1.29, 1.82) is 0 Å². The van der Waals surface area contributed by atoms with Gasteiger partial charge in [-0.1, -0.05) is 5.92 Å². The molecule has 0 aliphatic carbocycles. The van der Waals surface area contributed by atoms with Gasteiger partial charge in [-0.05, 0) is 28.8 Å². The summed E-state index contributed by atoms with van der Waals surface area (Å²) in [6, 6.07) is -0.338. The molecule has 2 N–H and O–H groups in total. The number of amides is 1. The molecule has 1 atom stereocenters. The summed E-state index contributed by atoms with van der Waals surface area (Å²) in [7, 11) is 0. The third-order valence-electron chi connectivity index (χ3n) is 2.84. The third kappa shape index (κ3) is 2.96. The topological polar surface area (TPSA) is 76.0 Å². The maximum atomic E-state index is 11.9. The first-order valence-corrected chi connectivity index (χ1v) is 6.66. The Hall–Kier alpha value is -1.81. The molecule has 2 rings (SSSR count). The molecule has 0 spiro atoms. The van der Waals surface area contributed by atoms with E-state index in [9.17, 15) is 9.59 Å². The quantitative estimate of drug-likeness (QED) is 0.786. The molecule has 1 aliphatic rings. The molecule has 100 valence electrons. The van der Waals surface area contributed by atoms with Gasteiger partial charge in [-0.3, -0.25) is 9.59 Å². The van der Waals surface area contributed by atoms with Crippen LogP contribution in [0.5, 0.6) is 0 Å². The Morgan fingerprint density at radius 1 is 1.63 bits per heavy atom. The number of anilines is 1. The zero-order chi connectivity index (χ0) is 13.8. The highest BCUT2D eigenvalue weighted by Crippen LogP contribution is 2.19. The number of piperidine rings is 1. The van der Waals surface area contributed by atoms with Gasteiger partial charge in [0.15, 0.2) is 0 Å². The lowest BCUT2D eigenvalue weighted by Crippen LogP contribution is -2.44. The van der Waals surface area contributed by atoms with Gasteiger partial charge in [0.05, 0.1) is 11.9 Å². The minimum atomic E-state index is -0.338. The summed E-state index contributed by atoms with van der Waals surface area (Å²) in [4.78, 5) is 23.6. The maximum Gasteiger partial charge on any atom is 0.284 e. The second-order valence-electron chi connectivity index (χ2n) is 4.17. The Kier molecular flexibility index (Phi) is 4.22. The molecule has 0 bridgehead atoms. The summed E-state index contributed by atoms with van der Waals surface area (Å²) in [5.41, 5.74) is 0.180. The van der Waals surface area contributed by atoms with Crippen LogP contribution in [0.1, 0.15) is 12.8 Å². The molecule has 0 saturated carbocycles. The first-order valence-electron chi connectivity index (χ1n) is 5.87. The van der Waals surface area contributed by atoms with Crippen LogP contribution >= 0.6 is 15.9 Å². The standard InChI is InChI=1S/C12H13BrN4O2/c1-2-6-17-12(19)10(13)9(7-15-17)16-8-4-3-5-14-11(8)18/h1,7-8,16H,3-6H2,(H,14,18). The van der Waals surface area contributed by atoms with Crippen molar-refractivity contribution in [2.75, 3.05) is 11.9 Å². The molecule has 0 aromatic carbocycles. The number of hydrogen-bond donors (Lipinski definition) is 2. The van der Waals surface area contributed by atoms with E-state index in [-0.39, 0.29) is 24.1 Å². The highest BCUT2D eigenvalue weighted by Gasteiger charge is 2.23. The van der Waals surface area contributed by atoms with Crippen molar-refractivity contribution in [3.63, 3.8) is 0 Å². The number of nitrogens with one attached hydrogen (secondary N) is 2. The normalized spacial score (nSPS) is 18.5. The molecule has 2 heterocycles. The molecule has 7 heteroatoms. The van der Waals surface area contributed by atoms with Gasteiger partial charge in [-0.2, -0.15) is 5.10 Å². The molecule has 1 unspecified atom stereocenters. The molecule has 1 aromatic heterocycles. The Balaban J connectivity index is 2.22. The second kappa shape index (κ2) is 5.89. The Bertz CT molecular complexity index is 590. The fraction of sp³-hybridized carbons (Fsp3) is 0.417. The van der Waals surface area contributed by atoms with Gasteiger partial charge in [0.25, 0.3) is 5.56 Å². The molecule has 1 aromatic rings. The lowest BCUT2D eigenvalue weighted by Gasteiger charge is -2.23. The first kappa shape index (κ1) is 13.6. The van der Waals surface area contributed by atoms with Gasteiger partial charge in [-0.15, -0.1) is 6.42 Å². The van der Waals surface area contributed by atoms with Crippen molar-refractivity contribution in [3.8, 4) is 12.3 Å². The van der Waals surface area contributed by atoms with Crippen molar-refractivity contribution in [1.82, 2.24) is 15.1 Å². The van der Waals surface area contributed by atoms with Crippen molar-refractivity contribution >= 4 is 27.5 Å². The molecule has 0 radical (unpaired) electrons. The number of carbonyl (C=O) groups excluding carboxylic acids is 1. The van der Waals surface area contributed by atoms with E-state index in [0.29, 0.717) is 16.7 Å². The fourth-order valence-electron chi connectivity index (χ4n) is 1.86. The molecule has 1 amide bonds. The van der Waals surface area contributed by atoms with Crippen LogP contribution in [-0.2, 0) is 11.3 Å². The number of terminal acetylenes is 1. The number of nitrogens with zero attached hydrogens (tertiary/aromatic N) is 2. The lowest BCUT2D eigenvalue weighted by atomic mass is 10.1. The highest BCUT2D eigenvalue weighted by molar-refractivity contribution is 9.10. The van der Waals surface area contributed by atoms with Crippen molar-refractivity contribution in [2.24, 2.45) is 0 Å². The van der Waals surface area contributed by atoms with Crippen molar-refractivity contribution < 1.29 is 4.79 Å².